The first-order valence-electron chi connectivity index (χ1n) is 15.8. The second kappa shape index (κ2) is 9.58. The van der Waals surface area contributed by atoms with Crippen LogP contribution in [0.2, 0.25) is 0 Å². The number of Topliss-reactive ketones (excluding diaryl/α,β-unsaturated/α-hetero) is 2. The van der Waals surface area contributed by atoms with E-state index in [0.29, 0.717) is 12.2 Å². The van der Waals surface area contributed by atoms with Crippen molar-refractivity contribution in [2.75, 3.05) is 0 Å². The van der Waals surface area contributed by atoms with Crippen LogP contribution in [0.4, 0.5) is 0 Å². The number of carbonyl (C=O) groups is 5. The lowest BCUT2D eigenvalue weighted by molar-refractivity contribution is -0.223. The van der Waals surface area contributed by atoms with E-state index < -0.39 is 93.6 Å². The molecule has 3 saturated carbocycles. The minimum Gasteiger partial charge on any atom is -0.462 e. The quantitative estimate of drug-likeness (QED) is 0.276. The number of ketones is 2. The average molecular weight is 613 g/mol. The van der Waals surface area contributed by atoms with Gasteiger partial charge >= 0.3 is 17.9 Å². The van der Waals surface area contributed by atoms with Gasteiger partial charge in [-0.25, -0.2) is 4.79 Å². The number of fused-ring (bicyclic) bond motifs is 9. The van der Waals surface area contributed by atoms with E-state index in [2.05, 4.69) is 0 Å². The lowest BCUT2D eigenvalue weighted by atomic mass is 9.42. The van der Waals surface area contributed by atoms with E-state index in [1.54, 1.807) is 19.1 Å². The zero-order valence-corrected chi connectivity index (χ0v) is 26.7. The zero-order valence-electron chi connectivity index (χ0n) is 26.7. The summed E-state index contributed by atoms with van der Waals surface area (Å²) in [5.74, 6) is -6.67. The van der Waals surface area contributed by atoms with Crippen LogP contribution in [0, 0.1) is 63.6 Å². The van der Waals surface area contributed by atoms with Crippen molar-refractivity contribution < 1.29 is 48.4 Å². The Hall–Kier alpha value is -2.85. The smallest absolute Gasteiger partial charge is 0.343 e. The van der Waals surface area contributed by atoms with E-state index >= 15 is 0 Å². The van der Waals surface area contributed by atoms with Gasteiger partial charge in [0.2, 0.25) is 0 Å². The molecule has 15 atom stereocenters. The molecule has 6 rings (SSSR count). The van der Waals surface area contributed by atoms with Crippen LogP contribution >= 0.6 is 0 Å². The molecule has 10 nitrogen and oxygen atoms in total. The highest BCUT2D eigenvalue weighted by molar-refractivity contribution is 5.89. The highest BCUT2D eigenvalue weighted by Crippen LogP contribution is 2.76. The fourth-order valence-electron chi connectivity index (χ4n) is 11.4. The second-order valence-electron chi connectivity index (χ2n) is 15.1. The van der Waals surface area contributed by atoms with E-state index in [0.717, 1.165) is 0 Å². The van der Waals surface area contributed by atoms with Crippen molar-refractivity contribution in [1.82, 2.24) is 0 Å². The lowest BCUT2D eigenvalue weighted by Crippen LogP contribution is -2.68. The maximum absolute atomic E-state index is 14.1. The highest BCUT2D eigenvalue weighted by atomic mass is 16.6. The van der Waals surface area contributed by atoms with E-state index in [-0.39, 0.29) is 29.8 Å². The Labute approximate surface area is 257 Å². The Morgan fingerprint density at radius 2 is 1.59 bits per heavy atom. The molecule has 1 aliphatic heterocycles. The van der Waals surface area contributed by atoms with Crippen LogP contribution in [-0.4, -0.2) is 63.6 Å². The van der Waals surface area contributed by atoms with Crippen LogP contribution in [0.25, 0.3) is 0 Å². The number of carbonyl (C=O) groups excluding carboxylic acids is 5. The molecule has 0 radical (unpaired) electrons. The molecule has 1 saturated heterocycles. The van der Waals surface area contributed by atoms with Crippen molar-refractivity contribution in [2.24, 2.45) is 63.6 Å². The number of esters is 3. The third kappa shape index (κ3) is 3.58. The Morgan fingerprint density at radius 1 is 0.955 bits per heavy atom. The fraction of sp³-hybridized carbons (Fsp3) is 0.735. The van der Waals surface area contributed by atoms with Gasteiger partial charge in [-0.2, -0.15) is 0 Å². The SMILES string of the molecule is CC(=O)O[C@H]1C=CCC2C(=O)C(O)C3C(C[C@H](OC(C)=O)[C@@]4(C)C3C(C(C)=O)C3C4C(C)C=C4OC(=O)[C@@](C)(O)[C@@]43C)[C@]21C. The molecule has 4 fully saturated rings. The molecule has 6 aliphatic rings. The Kier molecular flexibility index (Phi) is 6.78. The third-order valence-electron chi connectivity index (χ3n) is 13.3. The summed E-state index contributed by atoms with van der Waals surface area (Å²) in [6, 6.07) is 0. The van der Waals surface area contributed by atoms with Crippen LogP contribution in [0.5, 0.6) is 0 Å². The summed E-state index contributed by atoms with van der Waals surface area (Å²) in [5.41, 5.74) is -5.14. The number of rotatable bonds is 3. The van der Waals surface area contributed by atoms with Crippen molar-refractivity contribution in [3.63, 3.8) is 0 Å². The summed E-state index contributed by atoms with van der Waals surface area (Å²) in [6.07, 6.45) is 3.17. The zero-order chi connectivity index (χ0) is 32.5. The van der Waals surface area contributed by atoms with Gasteiger partial charge in [0.05, 0.1) is 5.41 Å². The minimum absolute atomic E-state index is 0.201. The molecule has 240 valence electrons. The Bertz CT molecular complexity index is 1410. The normalized spacial score (nSPS) is 52.0. The molecule has 10 heteroatoms. The predicted octanol–water partition coefficient (Wildman–Crippen LogP) is 2.93. The van der Waals surface area contributed by atoms with Gasteiger partial charge in [-0.3, -0.25) is 19.2 Å². The van der Waals surface area contributed by atoms with Crippen molar-refractivity contribution >= 4 is 29.5 Å². The van der Waals surface area contributed by atoms with Gasteiger partial charge in [-0.05, 0) is 81.3 Å². The molecule has 2 N–H and O–H groups in total. The van der Waals surface area contributed by atoms with E-state index in [1.165, 1.54) is 27.7 Å². The van der Waals surface area contributed by atoms with Gasteiger partial charge in [0, 0.05) is 36.5 Å². The van der Waals surface area contributed by atoms with Crippen molar-refractivity contribution in [1.29, 1.82) is 0 Å². The monoisotopic (exact) mass is 612 g/mol. The van der Waals surface area contributed by atoms with E-state index in [4.69, 9.17) is 14.2 Å². The van der Waals surface area contributed by atoms with Gasteiger partial charge < -0.3 is 24.4 Å². The van der Waals surface area contributed by atoms with Crippen LogP contribution in [0.15, 0.2) is 24.0 Å². The summed E-state index contributed by atoms with van der Waals surface area (Å²) in [7, 11) is 0. The summed E-state index contributed by atoms with van der Waals surface area (Å²) >= 11 is 0. The topological polar surface area (TPSA) is 154 Å². The Balaban J connectivity index is 1.61. The maximum atomic E-state index is 14.1. The molecule has 9 unspecified atom stereocenters. The lowest BCUT2D eigenvalue weighted by Gasteiger charge is -2.63. The average Bonchev–Trinajstić information content (AvgIpc) is 3.30. The standard InChI is InChI=1S/C34H44O10/c1-14-12-22-33(7,34(8,41)30(40)44-22)27-23(15(2)35)26-24-19(13-21(43-17(4)37)32(26,6)25(14)27)31(5)18(28(38)29(24)39)10-9-11-20(31)42-16(3)36/h9,11-12,14,18-21,23-27,29,39,41H,10,13H2,1-8H3/t14?,18?,19?,20-,21-,23?,24?,25?,26?,27?,29?,31-,32+,33-,34+/m0/s1. The first-order valence-corrected chi connectivity index (χ1v) is 15.8. The van der Waals surface area contributed by atoms with Crippen LogP contribution in [0.3, 0.4) is 0 Å². The molecule has 5 aliphatic carbocycles. The molecule has 0 aromatic carbocycles. The summed E-state index contributed by atoms with van der Waals surface area (Å²) in [6.45, 7) is 13.2. The largest absolute Gasteiger partial charge is 0.462 e. The first-order chi connectivity index (χ1) is 20.4. The first kappa shape index (κ1) is 31.1. The number of ether oxygens (including phenoxy) is 3. The van der Waals surface area contributed by atoms with Gasteiger partial charge in [-0.1, -0.05) is 26.8 Å². The predicted molar refractivity (Wildman–Crippen MR) is 154 cm³/mol. The van der Waals surface area contributed by atoms with Crippen LogP contribution in [0.1, 0.15) is 68.2 Å². The van der Waals surface area contributed by atoms with Gasteiger partial charge in [0.1, 0.15) is 29.9 Å². The van der Waals surface area contributed by atoms with E-state index in [9.17, 15) is 34.2 Å². The summed E-state index contributed by atoms with van der Waals surface area (Å²) < 4.78 is 17.7. The number of hydrogen-bond donors (Lipinski definition) is 2. The van der Waals surface area contributed by atoms with Gasteiger partial charge in [0.15, 0.2) is 11.4 Å². The molecular formula is C34H44O10. The Morgan fingerprint density at radius 3 is 2.18 bits per heavy atom. The molecule has 0 amide bonds. The molecule has 0 spiro atoms. The molecule has 0 aromatic heterocycles. The third-order valence-corrected chi connectivity index (χ3v) is 13.3. The molecule has 44 heavy (non-hydrogen) atoms. The van der Waals surface area contributed by atoms with Crippen LogP contribution < -0.4 is 0 Å². The number of aliphatic hydroxyl groups is 2. The summed E-state index contributed by atoms with van der Waals surface area (Å²) in [5, 5.41) is 23.7. The number of aliphatic hydroxyl groups excluding tert-OH is 1. The molecule has 1 heterocycles. The molecule has 0 bridgehead atoms. The maximum Gasteiger partial charge on any atom is 0.343 e. The molecule has 0 aromatic rings. The van der Waals surface area contributed by atoms with E-state index in [1.807, 2.05) is 26.8 Å². The van der Waals surface area contributed by atoms with Crippen molar-refractivity contribution in [3.8, 4) is 0 Å². The highest BCUT2D eigenvalue weighted by Gasteiger charge is 2.80. The van der Waals surface area contributed by atoms with Gasteiger partial charge in [0.25, 0.3) is 0 Å². The van der Waals surface area contributed by atoms with Crippen LogP contribution in [-0.2, 0) is 38.2 Å². The summed E-state index contributed by atoms with van der Waals surface area (Å²) in [4.78, 5) is 66.3. The van der Waals surface area contributed by atoms with Gasteiger partial charge in [-0.15, -0.1) is 0 Å². The number of allylic oxidation sites excluding steroid dienone is 2. The molecular weight excluding hydrogens is 568 g/mol. The fourth-order valence-corrected chi connectivity index (χ4v) is 11.4. The minimum atomic E-state index is -1.96. The number of hydrogen-bond acceptors (Lipinski definition) is 10. The van der Waals surface area contributed by atoms with Crippen molar-refractivity contribution in [3.05, 3.63) is 24.0 Å². The second-order valence-corrected chi connectivity index (χ2v) is 15.1. The van der Waals surface area contributed by atoms with Crippen molar-refractivity contribution in [2.45, 2.75) is 92.1 Å².